The summed E-state index contributed by atoms with van der Waals surface area (Å²) in [6.45, 7) is 6.74. The molecule has 2 heterocycles. The van der Waals surface area contributed by atoms with Crippen molar-refractivity contribution >= 4 is 27.9 Å². The third-order valence-electron chi connectivity index (χ3n) is 5.21. The lowest BCUT2D eigenvalue weighted by Crippen LogP contribution is -2.42. The molecule has 1 aliphatic rings. The van der Waals surface area contributed by atoms with E-state index in [4.69, 9.17) is 4.74 Å². The van der Waals surface area contributed by atoms with Crippen molar-refractivity contribution in [1.29, 1.82) is 0 Å². The highest BCUT2D eigenvalue weighted by atomic mass is 19.1. The summed E-state index contributed by atoms with van der Waals surface area (Å²) in [4.78, 5) is 14.1. The summed E-state index contributed by atoms with van der Waals surface area (Å²) in [6.07, 6.45) is 1.22. The van der Waals surface area contributed by atoms with Crippen LogP contribution in [0.2, 0.25) is 0 Å². The number of rotatable bonds is 1. The van der Waals surface area contributed by atoms with Crippen LogP contribution < -0.4 is 0 Å². The fraction of sp³-hybridized carbons (Fsp3) is 0.409. The molecule has 1 saturated heterocycles. The number of benzene rings is 2. The molecule has 1 fully saturated rings. The van der Waals surface area contributed by atoms with E-state index >= 15 is 0 Å². The molecule has 6 heteroatoms. The molecule has 28 heavy (non-hydrogen) atoms. The Balaban J connectivity index is 1.66. The molecule has 4 nitrogen and oxygen atoms in total. The Morgan fingerprint density at radius 3 is 1.93 bits per heavy atom. The molecule has 4 rings (SSSR count). The highest BCUT2D eigenvalue weighted by molar-refractivity contribution is 6.08. The molecule has 0 N–H and O–H groups in total. The highest BCUT2D eigenvalue weighted by Gasteiger charge is 2.29. The number of aromatic nitrogens is 1. The van der Waals surface area contributed by atoms with Crippen molar-refractivity contribution in [2.24, 2.45) is 0 Å². The van der Waals surface area contributed by atoms with Gasteiger partial charge in [0.25, 0.3) is 0 Å². The van der Waals surface area contributed by atoms with E-state index in [2.05, 4.69) is 4.57 Å². The van der Waals surface area contributed by atoms with E-state index in [-0.39, 0.29) is 23.8 Å². The fourth-order valence-electron chi connectivity index (χ4n) is 4.02. The predicted molar refractivity (Wildman–Crippen MR) is 105 cm³/mol. The minimum atomic E-state index is -0.519. The van der Waals surface area contributed by atoms with Crippen molar-refractivity contribution in [3.63, 3.8) is 0 Å². The first-order chi connectivity index (χ1) is 13.2. The number of amides is 1. The minimum absolute atomic E-state index is 0.148. The zero-order valence-electron chi connectivity index (χ0n) is 16.3. The van der Waals surface area contributed by atoms with Gasteiger partial charge in [0.05, 0.1) is 0 Å². The SMILES string of the molecule is CC(C)(C)OC(=O)N1CCC(n2c3ccc(F)cc3c3cc(F)ccc32)CC1. The molecular formula is C22H24F2N2O2. The molecule has 0 bridgehead atoms. The van der Waals surface area contributed by atoms with Gasteiger partial charge in [-0.2, -0.15) is 0 Å². The standard InChI is InChI=1S/C22H24F2N2O2/c1-22(2,3)28-21(27)25-10-8-16(9-11-25)26-19-6-4-14(23)12-17(19)18-13-15(24)5-7-20(18)26/h4-7,12-13,16H,8-11H2,1-3H3. The zero-order valence-corrected chi connectivity index (χ0v) is 16.3. The molecule has 0 aliphatic carbocycles. The van der Waals surface area contributed by atoms with Crippen molar-refractivity contribution in [2.75, 3.05) is 13.1 Å². The van der Waals surface area contributed by atoms with Gasteiger partial charge in [0.15, 0.2) is 0 Å². The Morgan fingerprint density at radius 2 is 1.46 bits per heavy atom. The van der Waals surface area contributed by atoms with E-state index in [9.17, 15) is 13.6 Å². The Hall–Kier alpha value is -2.63. The number of ether oxygens (including phenoxy) is 1. The average molecular weight is 386 g/mol. The summed E-state index contributed by atoms with van der Waals surface area (Å²) in [7, 11) is 0. The minimum Gasteiger partial charge on any atom is -0.444 e. The first-order valence-electron chi connectivity index (χ1n) is 9.59. The number of carbonyl (C=O) groups is 1. The Morgan fingerprint density at radius 1 is 0.964 bits per heavy atom. The van der Waals surface area contributed by atoms with Gasteiger partial charge in [-0.15, -0.1) is 0 Å². The summed E-state index contributed by atoms with van der Waals surface area (Å²) in [6, 6.07) is 9.45. The van der Waals surface area contributed by atoms with Crippen LogP contribution >= 0.6 is 0 Å². The van der Waals surface area contributed by atoms with Gasteiger partial charge < -0.3 is 14.2 Å². The Bertz CT molecular complexity index is 985. The molecule has 3 aromatic rings. The van der Waals surface area contributed by atoms with Crippen LogP contribution in [0.3, 0.4) is 0 Å². The second-order valence-electron chi connectivity index (χ2n) is 8.39. The molecule has 148 valence electrons. The van der Waals surface area contributed by atoms with Crippen molar-refractivity contribution in [3.8, 4) is 0 Å². The van der Waals surface area contributed by atoms with E-state index in [1.54, 1.807) is 17.0 Å². The Kier molecular flexibility index (Phi) is 4.52. The first-order valence-corrected chi connectivity index (χ1v) is 9.59. The molecule has 0 spiro atoms. The van der Waals surface area contributed by atoms with E-state index in [1.807, 2.05) is 20.8 Å². The van der Waals surface area contributed by atoms with Crippen LogP contribution in [-0.2, 0) is 4.74 Å². The second kappa shape index (κ2) is 6.76. The van der Waals surface area contributed by atoms with Crippen LogP contribution in [0.1, 0.15) is 39.7 Å². The number of halogens is 2. The third kappa shape index (κ3) is 3.43. The smallest absolute Gasteiger partial charge is 0.410 e. The molecule has 0 saturated carbocycles. The monoisotopic (exact) mass is 386 g/mol. The maximum absolute atomic E-state index is 13.8. The first kappa shape index (κ1) is 18.7. The van der Waals surface area contributed by atoms with Gasteiger partial charge in [0, 0.05) is 40.9 Å². The van der Waals surface area contributed by atoms with Crippen LogP contribution in [0.4, 0.5) is 13.6 Å². The molecule has 0 atom stereocenters. The van der Waals surface area contributed by atoms with Crippen molar-refractivity contribution in [3.05, 3.63) is 48.0 Å². The van der Waals surface area contributed by atoms with Crippen LogP contribution in [0, 0.1) is 11.6 Å². The van der Waals surface area contributed by atoms with Gasteiger partial charge in [-0.25, -0.2) is 13.6 Å². The van der Waals surface area contributed by atoms with Crippen molar-refractivity contribution in [2.45, 2.75) is 45.3 Å². The van der Waals surface area contributed by atoms with Crippen LogP contribution in [0.15, 0.2) is 36.4 Å². The number of hydrogen-bond acceptors (Lipinski definition) is 2. The third-order valence-corrected chi connectivity index (χ3v) is 5.21. The van der Waals surface area contributed by atoms with Gasteiger partial charge in [0.1, 0.15) is 17.2 Å². The van der Waals surface area contributed by atoms with Crippen LogP contribution in [-0.4, -0.2) is 34.3 Å². The number of nitrogens with zero attached hydrogens (tertiary/aromatic N) is 2. The average Bonchev–Trinajstić information content (AvgIpc) is 2.93. The zero-order chi connectivity index (χ0) is 20.1. The molecule has 0 unspecified atom stereocenters. The predicted octanol–water partition coefficient (Wildman–Crippen LogP) is 5.64. The largest absolute Gasteiger partial charge is 0.444 e. The maximum atomic E-state index is 13.8. The van der Waals surface area contributed by atoms with Crippen molar-refractivity contribution in [1.82, 2.24) is 9.47 Å². The lowest BCUT2D eigenvalue weighted by Gasteiger charge is -2.34. The highest BCUT2D eigenvalue weighted by Crippen LogP contribution is 2.36. The van der Waals surface area contributed by atoms with Gasteiger partial charge in [-0.05, 0) is 70.0 Å². The lowest BCUT2D eigenvalue weighted by atomic mass is 10.0. The molecular weight excluding hydrogens is 362 g/mol. The number of likely N-dealkylation sites (tertiary alicyclic amines) is 1. The number of carbonyl (C=O) groups excluding carboxylic acids is 1. The van der Waals surface area contributed by atoms with Gasteiger partial charge in [-0.1, -0.05) is 0 Å². The summed E-state index contributed by atoms with van der Waals surface area (Å²) in [5.41, 5.74) is 1.25. The summed E-state index contributed by atoms with van der Waals surface area (Å²) in [5, 5.41) is 1.42. The van der Waals surface area contributed by atoms with E-state index in [1.165, 1.54) is 24.3 Å². The van der Waals surface area contributed by atoms with Gasteiger partial charge in [0.2, 0.25) is 0 Å². The fourth-order valence-corrected chi connectivity index (χ4v) is 4.02. The van der Waals surface area contributed by atoms with Gasteiger partial charge in [-0.3, -0.25) is 0 Å². The number of piperidine rings is 1. The summed E-state index contributed by atoms with van der Waals surface area (Å²) < 4.78 is 35.3. The van der Waals surface area contributed by atoms with Gasteiger partial charge >= 0.3 is 6.09 Å². The lowest BCUT2D eigenvalue weighted by molar-refractivity contribution is 0.0191. The van der Waals surface area contributed by atoms with Crippen LogP contribution in [0.5, 0.6) is 0 Å². The molecule has 1 aromatic heterocycles. The number of fused-ring (bicyclic) bond motifs is 3. The van der Waals surface area contributed by atoms with E-state index in [0.717, 1.165) is 23.9 Å². The molecule has 2 aromatic carbocycles. The van der Waals surface area contributed by atoms with Crippen LogP contribution in [0.25, 0.3) is 21.8 Å². The normalized spacial score (nSPS) is 16.1. The summed E-state index contributed by atoms with van der Waals surface area (Å²) in [5.74, 6) is -0.675. The van der Waals surface area contributed by atoms with E-state index in [0.29, 0.717) is 23.9 Å². The topological polar surface area (TPSA) is 34.5 Å². The second-order valence-corrected chi connectivity index (χ2v) is 8.39. The molecule has 1 amide bonds. The molecule has 1 aliphatic heterocycles. The van der Waals surface area contributed by atoms with Crippen molar-refractivity contribution < 1.29 is 18.3 Å². The summed E-state index contributed by atoms with van der Waals surface area (Å²) >= 11 is 0. The maximum Gasteiger partial charge on any atom is 0.410 e. The quantitative estimate of drug-likeness (QED) is 0.542. The Labute approximate surface area is 162 Å². The number of hydrogen-bond donors (Lipinski definition) is 0. The van der Waals surface area contributed by atoms with E-state index < -0.39 is 5.60 Å². The molecule has 0 radical (unpaired) electrons.